The van der Waals surface area contributed by atoms with Crippen LogP contribution < -0.4 is 10.1 Å². The van der Waals surface area contributed by atoms with Gasteiger partial charge in [-0.3, -0.25) is 0 Å². The van der Waals surface area contributed by atoms with Crippen molar-refractivity contribution in [2.24, 2.45) is 0 Å². The third kappa shape index (κ3) is 4.71. The first-order valence-corrected chi connectivity index (χ1v) is 5.89. The van der Waals surface area contributed by atoms with Crippen LogP contribution in [-0.2, 0) is 11.3 Å². The standard InChI is InChI=1S/C13H20FNO2/c1-3-8-17-13-11(5-4-6-12(13)14)10-15-7-9-16-2/h4-6,15H,3,7-10H2,1-2H3. The normalized spacial score (nSPS) is 10.5. The minimum atomic E-state index is -0.301. The number of nitrogens with one attached hydrogen (secondary N) is 1. The van der Waals surface area contributed by atoms with Crippen LogP contribution >= 0.6 is 0 Å². The van der Waals surface area contributed by atoms with Crippen LogP contribution in [0.5, 0.6) is 5.75 Å². The van der Waals surface area contributed by atoms with Gasteiger partial charge in [0.25, 0.3) is 0 Å². The van der Waals surface area contributed by atoms with Gasteiger partial charge >= 0.3 is 0 Å². The summed E-state index contributed by atoms with van der Waals surface area (Å²) in [6.45, 7) is 4.49. The largest absolute Gasteiger partial charge is 0.490 e. The molecule has 1 rings (SSSR count). The monoisotopic (exact) mass is 241 g/mol. The van der Waals surface area contributed by atoms with E-state index in [1.165, 1.54) is 6.07 Å². The van der Waals surface area contributed by atoms with Gasteiger partial charge in [0.2, 0.25) is 0 Å². The van der Waals surface area contributed by atoms with Gasteiger partial charge in [0, 0.05) is 25.8 Å². The molecule has 0 saturated carbocycles. The fraction of sp³-hybridized carbons (Fsp3) is 0.538. The van der Waals surface area contributed by atoms with Crippen molar-refractivity contribution in [2.45, 2.75) is 19.9 Å². The van der Waals surface area contributed by atoms with Crippen LogP contribution in [-0.4, -0.2) is 26.9 Å². The number of para-hydroxylation sites is 1. The fourth-order valence-corrected chi connectivity index (χ4v) is 1.46. The van der Waals surface area contributed by atoms with Crippen molar-refractivity contribution in [2.75, 3.05) is 26.9 Å². The van der Waals surface area contributed by atoms with Gasteiger partial charge in [-0.15, -0.1) is 0 Å². The van der Waals surface area contributed by atoms with E-state index in [9.17, 15) is 4.39 Å². The first-order valence-electron chi connectivity index (χ1n) is 5.89. The summed E-state index contributed by atoms with van der Waals surface area (Å²) in [5.74, 6) is 0.0590. The molecule has 0 aromatic heterocycles. The number of hydrogen-bond donors (Lipinski definition) is 1. The van der Waals surface area contributed by atoms with E-state index in [0.717, 1.165) is 18.5 Å². The highest BCUT2D eigenvalue weighted by Crippen LogP contribution is 2.22. The summed E-state index contributed by atoms with van der Waals surface area (Å²) in [7, 11) is 1.65. The Morgan fingerprint density at radius 3 is 2.82 bits per heavy atom. The van der Waals surface area contributed by atoms with Gasteiger partial charge in [0.1, 0.15) is 0 Å². The van der Waals surface area contributed by atoms with Crippen LogP contribution in [0.1, 0.15) is 18.9 Å². The highest BCUT2D eigenvalue weighted by molar-refractivity contribution is 5.34. The van der Waals surface area contributed by atoms with E-state index in [1.54, 1.807) is 13.2 Å². The zero-order chi connectivity index (χ0) is 12.5. The van der Waals surface area contributed by atoms with Crippen molar-refractivity contribution in [3.8, 4) is 5.75 Å². The van der Waals surface area contributed by atoms with Gasteiger partial charge in [0.15, 0.2) is 11.6 Å². The molecule has 0 aliphatic heterocycles. The van der Waals surface area contributed by atoms with Crippen molar-refractivity contribution in [1.29, 1.82) is 0 Å². The molecule has 0 radical (unpaired) electrons. The van der Waals surface area contributed by atoms with E-state index in [-0.39, 0.29) is 5.82 Å². The van der Waals surface area contributed by atoms with Gasteiger partial charge in [0.05, 0.1) is 13.2 Å². The van der Waals surface area contributed by atoms with Crippen molar-refractivity contribution in [3.05, 3.63) is 29.6 Å². The maximum atomic E-state index is 13.6. The van der Waals surface area contributed by atoms with E-state index in [2.05, 4.69) is 5.32 Å². The second-order valence-corrected chi connectivity index (χ2v) is 3.75. The number of ether oxygens (including phenoxy) is 2. The molecule has 0 saturated heterocycles. The van der Waals surface area contributed by atoms with Gasteiger partial charge in [-0.05, 0) is 12.5 Å². The predicted molar refractivity (Wildman–Crippen MR) is 65.8 cm³/mol. The van der Waals surface area contributed by atoms with Crippen LogP contribution in [0, 0.1) is 5.82 Å². The third-order valence-corrected chi connectivity index (χ3v) is 2.30. The van der Waals surface area contributed by atoms with Crippen LogP contribution in [0.4, 0.5) is 4.39 Å². The first-order chi connectivity index (χ1) is 8.29. The molecule has 1 aromatic carbocycles. The van der Waals surface area contributed by atoms with E-state index in [4.69, 9.17) is 9.47 Å². The average Bonchev–Trinajstić information content (AvgIpc) is 2.34. The van der Waals surface area contributed by atoms with Crippen molar-refractivity contribution < 1.29 is 13.9 Å². The molecule has 4 heteroatoms. The van der Waals surface area contributed by atoms with E-state index in [1.807, 2.05) is 13.0 Å². The molecule has 0 amide bonds. The Hall–Kier alpha value is -1.13. The quantitative estimate of drug-likeness (QED) is 0.709. The Labute approximate surface area is 102 Å². The number of benzene rings is 1. The van der Waals surface area contributed by atoms with E-state index < -0.39 is 0 Å². The molecular formula is C13H20FNO2. The zero-order valence-electron chi connectivity index (χ0n) is 10.5. The molecule has 3 nitrogen and oxygen atoms in total. The topological polar surface area (TPSA) is 30.5 Å². The Morgan fingerprint density at radius 2 is 2.12 bits per heavy atom. The predicted octanol–water partition coefficient (Wildman–Crippen LogP) is 2.35. The maximum absolute atomic E-state index is 13.6. The second kappa shape index (κ2) is 8.03. The molecule has 96 valence electrons. The van der Waals surface area contributed by atoms with Gasteiger partial charge in [-0.1, -0.05) is 19.1 Å². The minimum Gasteiger partial charge on any atom is -0.490 e. The van der Waals surface area contributed by atoms with Crippen LogP contribution in [0.25, 0.3) is 0 Å². The number of hydrogen-bond acceptors (Lipinski definition) is 3. The van der Waals surface area contributed by atoms with Crippen molar-refractivity contribution in [1.82, 2.24) is 5.32 Å². The molecule has 0 aliphatic carbocycles. The summed E-state index contributed by atoms with van der Waals surface area (Å²) in [5, 5.41) is 3.17. The summed E-state index contributed by atoms with van der Waals surface area (Å²) in [5.41, 5.74) is 0.842. The molecule has 1 aromatic rings. The summed E-state index contributed by atoms with van der Waals surface area (Å²) in [4.78, 5) is 0. The number of halogens is 1. The van der Waals surface area contributed by atoms with Crippen molar-refractivity contribution in [3.63, 3.8) is 0 Å². The van der Waals surface area contributed by atoms with Crippen LogP contribution in [0.15, 0.2) is 18.2 Å². The Balaban J connectivity index is 2.59. The van der Waals surface area contributed by atoms with Gasteiger partial charge in [-0.25, -0.2) is 4.39 Å². The molecule has 0 heterocycles. The molecule has 0 atom stereocenters. The van der Waals surface area contributed by atoms with E-state index >= 15 is 0 Å². The lowest BCUT2D eigenvalue weighted by Crippen LogP contribution is -2.19. The highest BCUT2D eigenvalue weighted by atomic mass is 19.1. The lowest BCUT2D eigenvalue weighted by Gasteiger charge is -2.12. The Morgan fingerprint density at radius 1 is 1.29 bits per heavy atom. The Kier molecular flexibility index (Phi) is 6.58. The van der Waals surface area contributed by atoms with Gasteiger partial charge < -0.3 is 14.8 Å². The Bertz CT molecular complexity index is 331. The fourth-order valence-electron chi connectivity index (χ4n) is 1.46. The third-order valence-electron chi connectivity index (χ3n) is 2.30. The summed E-state index contributed by atoms with van der Waals surface area (Å²) < 4.78 is 23.9. The molecule has 17 heavy (non-hydrogen) atoms. The first kappa shape index (κ1) is 13.9. The summed E-state index contributed by atoms with van der Waals surface area (Å²) in [6, 6.07) is 4.99. The van der Waals surface area contributed by atoms with Crippen LogP contribution in [0.3, 0.4) is 0 Å². The molecule has 0 fully saturated rings. The minimum absolute atomic E-state index is 0.301. The second-order valence-electron chi connectivity index (χ2n) is 3.75. The molecular weight excluding hydrogens is 221 g/mol. The molecule has 0 aliphatic rings. The summed E-state index contributed by atoms with van der Waals surface area (Å²) >= 11 is 0. The average molecular weight is 241 g/mol. The molecule has 0 spiro atoms. The van der Waals surface area contributed by atoms with Crippen molar-refractivity contribution >= 4 is 0 Å². The molecule has 0 bridgehead atoms. The SMILES string of the molecule is CCCOc1c(F)cccc1CNCCOC. The number of rotatable bonds is 8. The highest BCUT2D eigenvalue weighted by Gasteiger charge is 2.08. The number of methoxy groups -OCH3 is 1. The molecule has 0 unspecified atom stereocenters. The zero-order valence-corrected chi connectivity index (χ0v) is 10.5. The smallest absolute Gasteiger partial charge is 0.165 e. The lowest BCUT2D eigenvalue weighted by molar-refractivity contribution is 0.199. The molecule has 1 N–H and O–H groups in total. The van der Waals surface area contributed by atoms with Gasteiger partial charge in [-0.2, -0.15) is 0 Å². The maximum Gasteiger partial charge on any atom is 0.165 e. The lowest BCUT2D eigenvalue weighted by atomic mass is 10.2. The van der Waals surface area contributed by atoms with Crippen LogP contribution in [0.2, 0.25) is 0 Å². The van der Waals surface area contributed by atoms with E-state index in [0.29, 0.717) is 25.5 Å². The summed E-state index contributed by atoms with van der Waals surface area (Å²) in [6.07, 6.45) is 0.866.